The molecule has 0 saturated carbocycles. The van der Waals surface area contributed by atoms with E-state index in [1.165, 1.54) is 14.2 Å². The third kappa shape index (κ3) is 5.60. The van der Waals surface area contributed by atoms with E-state index in [1.807, 2.05) is 32.9 Å². The van der Waals surface area contributed by atoms with Gasteiger partial charge in [0, 0.05) is 24.2 Å². The van der Waals surface area contributed by atoms with Crippen molar-refractivity contribution in [1.29, 1.82) is 0 Å². The van der Waals surface area contributed by atoms with Gasteiger partial charge in [0.05, 0.1) is 24.6 Å². The van der Waals surface area contributed by atoms with Gasteiger partial charge in [-0.2, -0.15) is 0 Å². The molecule has 37 heavy (non-hydrogen) atoms. The maximum Gasteiger partial charge on any atom is 0.262 e. The molecule has 4 rings (SSSR count). The molecule has 0 aliphatic heterocycles. The molecule has 0 atom stereocenters. The highest BCUT2D eigenvalue weighted by Crippen LogP contribution is 2.31. The molecule has 2 N–H and O–H groups in total. The second kappa shape index (κ2) is 10.6. The van der Waals surface area contributed by atoms with Crippen molar-refractivity contribution in [2.75, 3.05) is 27.4 Å². The summed E-state index contributed by atoms with van der Waals surface area (Å²) in [7, 11) is -0.595. The average molecular weight is 524 g/mol. The summed E-state index contributed by atoms with van der Waals surface area (Å²) in [5.74, 6) is 1.95. The van der Waals surface area contributed by atoms with E-state index in [2.05, 4.69) is 14.7 Å². The largest absolute Gasteiger partial charge is 0.497 e. The van der Waals surface area contributed by atoms with E-state index in [1.54, 1.807) is 36.4 Å². The Morgan fingerprint density at radius 1 is 0.946 bits per heavy atom. The highest BCUT2D eigenvalue weighted by Gasteiger charge is 2.16. The molecule has 10 heteroatoms. The summed E-state index contributed by atoms with van der Waals surface area (Å²) in [6.45, 7) is 5.92. The van der Waals surface area contributed by atoms with Crippen LogP contribution in [0.25, 0.3) is 22.3 Å². The Morgan fingerprint density at radius 2 is 1.62 bits per heavy atom. The van der Waals surface area contributed by atoms with Crippen LogP contribution in [0.1, 0.15) is 16.7 Å². The molecule has 0 radical (unpaired) electrons. The van der Waals surface area contributed by atoms with Crippen LogP contribution < -0.4 is 24.5 Å². The summed E-state index contributed by atoms with van der Waals surface area (Å²) in [6.07, 6.45) is 0. The van der Waals surface area contributed by atoms with E-state index < -0.39 is 10.0 Å². The highest BCUT2D eigenvalue weighted by atomic mass is 32.2. The minimum atomic E-state index is -3.62. The fourth-order valence-corrected chi connectivity index (χ4v) is 5.08. The van der Waals surface area contributed by atoms with Crippen LogP contribution >= 0.6 is 0 Å². The smallest absolute Gasteiger partial charge is 0.262 e. The number of H-pyrrole nitrogens is 1. The van der Waals surface area contributed by atoms with Gasteiger partial charge in [-0.1, -0.05) is 17.7 Å². The molecule has 9 nitrogen and oxygen atoms in total. The quantitative estimate of drug-likeness (QED) is 0.320. The lowest BCUT2D eigenvalue weighted by atomic mass is 10.0. The van der Waals surface area contributed by atoms with Crippen molar-refractivity contribution in [3.63, 3.8) is 0 Å². The molecule has 1 heterocycles. The molecule has 1 aromatic heterocycles. The first kappa shape index (κ1) is 26.2. The lowest BCUT2D eigenvalue weighted by Gasteiger charge is -2.15. The Balaban J connectivity index is 1.53. The zero-order chi connectivity index (χ0) is 26.7. The van der Waals surface area contributed by atoms with Gasteiger partial charge in [-0.25, -0.2) is 18.1 Å². The van der Waals surface area contributed by atoms with Gasteiger partial charge >= 0.3 is 0 Å². The number of nitrogens with zero attached hydrogens (tertiary/aromatic N) is 1. The Bertz CT molecular complexity index is 1590. The van der Waals surface area contributed by atoms with E-state index in [0.29, 0.717) is 39.5 Å². The minimum Gasteiger partial charge on any atom is -0.497 e. The van der Waals surface area contributed by atoms with Crippen LogP contribution in [0, 0.1) is 20.8 Å². The number of rotatable bonds is 9. The second-order valence-electron chi connectivity index (χ2n) is 8.64. The molecule has 0 spiro atoms. The van der Waals surface area contributed by atoms with E-state index in [0.717, 1.165) is 16.7 Å². The number of benzene rings is 3. The van der Waals surface area contributed by atoms with Gasteiger partial charge in [-0.3, -0.25) is 4.79 Å². The molecular formula is C27H29N3O6S. The lowest BCUT2D eigenvalue weighted by Crippen LogP contribution is -2.28. The van der Waals surface area contributed by atoms with Crippen molar-refractivity contribution < 1.29 is 22.6 Å². The van der Waals surface area contributed by atoms with Crippen molar-refractivity contribution in [2.24, 2.45) is 0 Å². The molecule has 4 aromatic rings. The standard InChI is InChI=1S/C27H29N3O6S/c1-16-6-8-21(9-7-16)37(32,33)28-10-11-36-25-17(2)12-19(13-18(25)3)26-29-22-14-20(34-4)15-23(35-5)24(22)27(31)30-26/h6-9,12-15,28H,10-11H2,1-5H3,(H,29,30,31). The van der Waals surface area contributed by atoms with E-state index in [9.17, 15) is 13.2 Å². The van der Waals surface area contributed by atoms with Crippen molar-refractivity contribution in [1.82, 2.24) is 14.7 Å². The molecule has 0 aliphatic rings. The number of aromatic amines is 1. The van der Waals surface area contributed by atoms with Crippen LogP contribution in [-0.2, 0) is 10.0 Å². The molecule has 0 unspecified atom stereocenters. The first-order chi connectivity index (χ1) is 17.6. The molecule has 0 bridgehead atoms. The first-order valence-corrected chi connectivity index (χ1v) is 13.1. The van der Waals surface area contributed by atoms with Gasteiger partial charge in [0.1, 0.15) is 35.1 Å². The Kier molecular flexibility index (Phi) is 7.51. The van der Waals surface area contributed by atoms with Crippen LogP contribution in [-0.4, -0.2) is 45.8 Å². The van der Waals surface area contributed by atoms with Gasteiger partial charge in [-0.05, 0) is 56.2 Å². The summed E-state index contributed by atoms with van der Waals surface area (Å²) in [6, 6.07) is 13.7. The Labute approximate surface area is 215 Å². The van der Waals surface area contributed by atoms with Crippen molar-refractivity contribution in [3.05, 3.63) is 75.6 Å². The van der Waals surface area contributed by atoms with Gasteiger partial charge in [0.25, 0.3) is 5.56 Å². The number of methoxy groups -OCH3 is 2. The maximum absolute atomic E-state index is 12.9. The minimum absolute atomic E-state index is 0.111. The van der Waals surface area contributed by atoms with Crippen LogP contribution in [0.5, 0.6) is 17.2 Å². The number of nitrogens with one attached hydrogen (secondary N) is 2. The maximum atomic E-state index is 12.9. The van der Waals surface area contributed by atoms with Crippen LogP contribution in [0.3, 0.4) is 0 Å². The van der Waals surface area contributed by atoms with E-state index >= 15 is 0 Å². The fourth-order valence-electron chi connectivity index (χ4n) is 4.07. The number of hydrogen-bond donors (Lipinski definition) is 2. The van der Waals surface area contributed by atoms with Crippen molar-refractivity contribution in [3.8, 4) is 28.6 Å². The predicted octanol–water partition coefficient (Wildman–Crippen LogP) is 3.89. The third-order valence-corrected chi connectivity index (χ3v) is 7.38. The summed E-state index contributed by atoms with van der Waals surface area (Å²) >= 11 is 0. The molecule has 0 saturated heterocycles. The van der Waals surface area contributed by atoms with E-state index in [4.69, 9.17) is 14.2 Å². The van der Waals surface area contributed by atoms with Gasteiger partial charge in [-0.15, -0.1) is 0 Å². The number of aromatic nitrogens is 2. The van der Waals surface area contributed by atoms with Gasteiger partial charge in [0.15, 0.2) is 0 Å². The van der Waals surface area contributed by atoms with E-state index in [-0.39, 0.29) is 23.6 Å². The molecule has 0 aliphatic carbocycles. The molecule has 3 aromatic carbocycles. The number of aryl methyl sites for hydroxylation is 3. The highest BCUT2D eigenvalue weighted by molar-refractivity contribution is 7.89. The van der Waals surface area contributed by atoms with Gasteiger partial charge in [0.2, 0.25) is 10.0 Å². The Morgan fingerprint density at radius 3 is 2.24 bits per heavy atom. The van der Waals surface area contributed by atoms with Crippen LogP contribution in [0.15, 0.2) is 58.2 Å². The zero-order valence-corrected chi connectivity index (χ0v) is 22.2. The predicted molar refractivity (Wildman–Crippen MR) is 142 cm³/mol. The van der Waals surface area contributed by atoms with Crippen molar-refractivity contribution in [2.45, 2.75) is 25.7 Å². The summed E-state index contributed by atoms with van der Waals surface area (Å²) in [5.41, 5.74) is 3.47. The normalized spacial score (nSPS) is 11.5. The fraction of sp³-hybridized carbons (Fsp3) is 0.259. The zero-order valence-electron chi connectivity index (χ0n) is 21.3. The summed E-state index contributed by atoms with van der Waals surface area (Å²) in [5, 5.41) is 0.341. The Hall–Kier alpha value is -3.89. The summed E-state index contributed by atoms with van der Waals surface area (Å²) in [4.78, 5) is 20.6. The molecule has 0 fully saturated rings. The molecule has 0 amide bonds. The number of ether oxygens (including phenoxy) is 3. The van der Waals surface area contributed by atoms with Crippen LogP contribution in [0.2, 0.25) is 0 Å². The average Bonchev–Trinajstić information content (AvgIpc) is 2.86. The monoisotopic (exact) mass is 523 g/mol. The second-order valence-corrected chi connectivity index (χ2v) is 10.4. The number of sulfonamides is 1. The number of hydrogen-bond acceptors (Lipinski definition) is 7. The first-order valence-electron chi connectivity index (χ1n) is 11.6. The molecular weight excluding hydrogens is 494 g/mol. The SMILES string of the molecule is COc1cc(OC)c2c(=O)[nH]c(-c3cc(C)c(OCCNS(=O)(=O)c4ccc(C)cc4)c(C)c3)nc2c1. The van der Waals surface area contributed by atoms with Crippen molar-refractivity contribution >= 4 is 20.9 Å². The topological polar surface area (TPSA) is 120 Å². The van der Waals surface area contributed by atoms with Gasteiger partial charge < -0.3 is 19.2 Å². The van der Waals surface area contributed by atoms with Crippen LogP contribution in [0.4, 0.5) is 0 Å². The third-order valence-electron chi connectivity index (χ3n) is 5.91. The summed E-state index contributed by atoms with van der Waals surface area (Å²) < 4.78 is 44.1. The number of fused-ring (bicyclic) bond motifs is 1. The lowest BCUT2D eigenvalue weighted by molar-refractivity contribution is 0.318. The molecule has 194 valence electrons.